The van der Waals surface area contributed by atoms with Crippen molar-refractivity contribution in [1.29, 1.82) is 0 Å². The van der Waals surface area contributed by atoms with E-state index in [-0.39, 0.29) is 29.3 Å². The first-order valence-electron chi connectivity index (χ1n) is 18.0. The Labute approximate surface area is 292 Å². The number of fused-ring (bicyclic) bond motifs is 3. The number of carbonyl (C=O) groups is 3. The Balaban J connectivity index is 1.38. The van der Waals surface area contributed by atoms with Gasteiger partial charge in [0.2, 0.25) is 10.0 Å². The number of benzene rings is 3. The molecule has 0 saturated carbocycles. The van der Waals surface area contributed by atoms with E-state index < -0.39 is 34.1 Å². The topological polar surface area (TPSA) is 116 Å². The largest absolute Gasteiger partial charge is 0.465 e. The Hall–Kier alpha value is -3.82. The van der Waals surface area contributed by atoms with Gasteiger partial charge in [-0.3, -0.25) is 14.4 Å². The predicted molar refractivity (Wildman–Crippen MR) is 192 cm³/mol. The summed E-state index contributed by atoms with van der Waals surface area (Å²) in [6.45, 7) is 3.85. The number of hydrogen-bond donors (Lipinski definition) is 1. The highest BCUT2D eigenvalue weighted by Crippen LogP contribution is 2.37. The lowest BCUT2D eigenvalue weighted by atomic mass is 10.0. The summed E-state index contributed by atoms with van der Waals surface area (Å²) >= 11 is 0. The molecule has 4 rings (SSSR count). The van der Waals surface area contributed by atoms with Crippen molar-refractivity contribution in [3.8, 4) is 11.1 Å². The van der Waals surface area contributed by atoms with Crippen LogP contribution in [0.3, 0.4) is 0 Å². The molecule has 2 atom stereocenters. The second-order valence-corrected chi connectivity index (χ2v) is 14.5. The van der Waals surface area contributed by atoms with Gasteiger partial charge in [-0.05, 0) is 42.2 Å². The van der Waals surface area contributed by atoms with Crippen molar-refractivity contribution in [3.05, 3.63) is 89.5 Å². The average molecular weight is 690 g/mol. The molecule has 1 aliphatic rings. The minimum absolute atomic E-state index is 0.00290. The summed E-state index contributed by atoms with van der Waals surface area (Å²) in [4.78, 5) is 39.4. The van der Waals surface area contributed by atoms with Crippen LogP contribution in [0.1, 0.15) is 131 Å². The summed E-state index contributed by atoms with van der Waals surface area (Å²) in [5, 5.41) is 0. The zero-order chi connectivity index (χ0) is 35.1. The molecule has 0 aromatic heterocycles. The Kier molecular flexibility index (Phi) is 15.0. The van der Waals surface area contributed by atoms with Gasteiger partial charge >= 0.3 is 11.9 Å². The van der Waals surface area contributed by atoms with Crippen LogP contribution < -0.4 is 4.72 Å². The number of sulfonamides is 1. The maximum Gasteiger partial charge on any atom is 0.328 e. The molecule has 1 aliphatic carbocycles. The SMILES string of the molecule is CCCCCCCCCCCCCCCC(=O)O[C@@H](c1ccccc1)[C@@H](NS(=O)(=O)c1ccc2c(c1)C(=O)c1ccccc1-2)C(=O)OCC. The first-order valence-corrected chi connectivity index (χ1v) is 19.5. The van der Waals surface area contributed by atoms with Crippen LogP contribution in [0.4, 0.5) is 0 Å². The van der Waals surface area contributed by atoms with Crippen molar-refractivity contribution >= 4 is 27.7 Å². The number of ketones is 1. The summed E-state index contributed by atoms with van der Waals surface area (Å²) < 4.78 is 41.2. The minimum Gasteiger partial charge on any atom is -0.465 e. The molecule has 49 heavy (non-hydrogen) atoms. The molecule has 0 saturated heterocycles. The molecule has 0 bridgehead atoms. The third kappa shape index (κ3) is 10.8. The van der Waals surface area contributed by atoms with Crippen LogP contribution in [-0.2, 0) is 29.1 Å². The molecular formula is C40H51NO7S. The van der Waals surface area contributed by atoms with Gasteiger partial charge in [-0.1, -0.05) is 145 Å². The molecule has 0 radical (unpaired) electrons. The molecule has 0 unspecified atom stereocenters. The van der Waals surface area contributed by atoms with E-state index in [1.54, 1.807) is 55.5 Å². The molecule has 0 fully saturated rings. The third-order valence-electron chi connectivity index (χ3n) is 9.00. The number of carbonyl (C=O) groups excluding carboxylic acids is 3. The monoisotopic (exact) mass is 689 g/mol. The number of unbranched alkanes of at least 4 members (excludes halogenated alkanes) is 12. The fourth-order valence-corrected chi connectivity index (χ4v) is 7.54. The number of nitrogens with one attached hydrogen (secondary N) is 1. The Morgan fingerprint density at radius 1 is 0.673 bits per heavy atom. The zero-order valence-electron chi connectivity index (χ0n) is 29.0. The summed E-state index contributed by atoms with van der Waals surface area (Å²) in [7, 11) is -4.38. The van der Waals surface area contributed by atoms with Crippen LogP contribution in [0.5, 0.6) is 0 Å². The first-order chi connectivity index (χ1) is 23.8. The number of rotatable bonds is 22. The quantitative estimate of drug-likeness (QED) is 0.0647. The minimum atomic E-state index is -4.38. The molecule has 0 aliphatic heterocycles. The van der Waals surface area contributed by atoms with Crippen LogP contribution in [0, 0.1) is 0 Å². The van der Waals surface area contributed by atoms with E-state index in [0.29, 0.717) is 23.1 Å². The molecule has 3 aromatic rings. The molecule has 0 spiro atoms. The van der Waals surface area contributed by atoms with Crippen molar-refractivity contribution in [3.63, 3.8) is 0 Å². The second-order valence-electron chi connectivity index (χ2n) is 12.7. The van der Waals surface area contributed by atoms with Crippen LogP contribution in [0.15, 0.2) is 77.7 Å². The standard InChI is InChI=1S/C40H51NO7S/c1-3-5-6-7-8-9-10-11-12-13-14-15-19-26-36(42)48-39(30-22-17-16-18-23-30)37(40(44)47-4-2)41-49(45,46)31-27-28-33-32-24-20-21-25-34(32)38(43)35(33)29-31/h16-18,20-25,27-29,37,39,41H,3-15,19,26H2,1-2H3/t37-,39+/m1/s1. The lowest BCUT2D eigenvalue weighted by Crippen LogP contribution is -2.47. The molecule has 8 nitrogen and oxygen atoms in total. The average Bonchev–Trinajstić information content (AvgIpc) is 3.39. The summed E-state index contributed by atoms with van der Waals surface area (Å²) in [6.07, 6.45) is 14.2. The molecule has 1 N–H and O–H groups in total. The zero-order valence-corrected chi connectivity index (χ0v) is 29.8. The van der Waals surface area contributed by atoms with Crippen molar-refractivity contribution < 1.29 is 32.3 Å². The number of ether oxygens (including phenoxy) is 2. The van der Waals surface area contributed by atoms with Gasteiger partial charge in [0.25, 0.3) is 0 Å². The maximum absolute atomic E-state index is 13.8. The highest BCUT2D eigenvalue weighted by Gasteiger charge is 2.38. The highest BCUT2D eigenvalue weighted by molar-refractivity contribution is 7.89. The lowest BCUT2D eigenvalue weighted by molar-refractivity contribution is -0.158. The molecule has 264 valence electrons. The first kappa shape index (κ1) is 38.0. The van der Waals surface area contributed by atoms with Crippen molar-refractivity contribution in [2.24, 2.45) is 0 Å². The van der Waals surface area contributed by atoms with E-state index in [1.165, 1.54) is 69.9 Å². The smallest absolute Gasteiger partial charge is 0.328 e. The molecule has 3 aromatic carbocycles. The van der Waals surface area contributed by atoms with Gasteiger partial charge < -0.3 is 9.47 Å². The Morgan fingerprint density at radius 2 is 1.22 bits per heavy atom. The van der Waals surface area contributed by atoms with E-state index in [1.807, 2.05) is 12.1 Å². The molecule has 0 amide bonds. The molecular weight excluding hydrogens is 639 g/mol. The Bertz CT molecular complexity index is 1640. The van der Waals surface area contributed by atoms with E-state index in [9.17, 15) is 22.8 Å². The summed E-state index contributed by atoms with van der Waals surface area (Å²) in [5.74, 6) is -1.67. The number of esters is 2. The predicted octanol–water partition coefficient (Wildman–Crippen LogP) is 8.87. The van der Waals surface area contributed by atoms with Crippen molar-refractivity contribution in [1.82, 2.24) is 4.72 Å². The maximum atomic E-state index is 13.8. The van der Waals surface area contributed by atoms with Gasteiger partial charge in [0.05, 0.1) is 11.5 Å². The lowest BCUT2D eigenvalue weighted by Gasteiger charge is -2.27. The Morgan fingerprint density at radius 3 is 1.84 bits per heavy atom. The highest BCUT2D eigenvalue weighted by atomic mass is 32.2. The van der Waals surface area contributed by atoms with E-state index in [0.717, 1.165) is 24.8 Å². The summed E-state index contributed by atoms with van der Waals surface area (Å²) in [5.41, 5.74) is 2.60. The van der Waals surface area contributed by atoms with Gasteiger partial charge in [0.1, 0.15) is 0 Å². The van der Waals surface area contributed by atoms with Gasteiger partial charge in [-0.2, -0.15) is 4.72 Å². The van der Waals surface area contributed by atoms with Crippen LogP contribution in [0.2, 0.25) is 0 Å². The second kappa shape index (κ2) is 19.4. The van der Waals surface area contributed by atoms with E-state index >= 15 is 0 Å². The third-order valence-corrected chi connectivity index (χ3v) is 10.4. The van der Waals surface area contributed by atoms with Gasteiger partial charge in [-0.15, -0.1) is 0 Å². The van der Waals surface area contributed by atoms with Crippen LogP contribution in [0.25, 0.3) is 11.1 Å². The van der Waals surface area contributed by atoms with Gasteiger partial charge in [0.15, 0.2) is 17.9 Å². The molecule has 0 heterocycles. The molecule has 9 heteroatoms. The van der Waals surface area contributed by atoms with E-state index in [2.05, 4.69) is 11.6 Å². The summed E-state index contributed by atoms with van der Waals surface area (Å²) in [6, 6.07) is 18.4. The van der Waals surface area contributed by atoms with Crippen LogP contribution >= 0.6 is 0 Å². The van der Waals surface area contributed by atoms with Gasteiger partial charge in [0, 0.05) is 17.5 Å². The van der Waals surface area contributed by atoms with E-state index in [4.69, 9.17) is 9.47 Å². The van der Waals surface area contributed by atoms with Crippen molar-refractivity contribution in [2.45, 2.75) is 121 Å². The fraction of sp³-hybridized carbons (Fsp3) is 0.475. The number of hydrogen-bond acceptors (Lipinski definition) is 7. The van der Waals surface area contributed by atoms with Gasteiger partial charge in [-0.25, -0.2) is 8.42 Å². The fourth-order valence-electron chi connectivity index (χ4n) is 6.33. The van der Waals surface area contributed by atoms with Crippen LogP contribution in [-0.4, -0.2) is 38.8 Å². The van der Waals surface area contributed by atoms with Crippen molar-refractivity contribution in [2.75, 3.05) is 6.61 Å². The normalized spacial score (nSPS) is 13.4.